The van der Waals surface area contributed by atoms with Gasteiger partial charge in [0, 0.05) is 18.5 Å². The maximum absolute atomic E-state index is 9.98. The van der Waals surface area contributed by atoms with E-state index in [0.717, 1.165) is 12.0 Å². The van der Waals surface area contributed by atoms with Gasteiger partial charge in [-0.3, -0.25) is 0 Å². The number of hydrogen-bond acceptors (Lipinski definition) is 4. The first-order valence-electron chi connectivity index (χ1n) is 6.47. The van der Waals surface area contributed by atoms with Gasteiger partial charge in [-0.1, -0.05) is 31.2 Å². The lowest BCUT2D eigenvalue weighted by molar-refractivity contribution is -0.0675. The summed E-state index contributed by atoms with van der Waals surface area (Å²) in [7, 11) is 0. The fraction of sp³-hybridized carbons (Fsp3) is 0.571. The predicted octanol–water partition coefficient (Wildman–Crippen LogP) is 0.224. The first kappa shape index (κ1) is 13.5. The Kier molecular flexibility index (Phi) is 4.35. The predicted molar refractivity (Wildman–Crippen MR) is 69.2 cm³/mol. The van der Waals surface area contributed by atoms with Crippen molar-refractivity contribution in [2.24, 2.45) is 5.92 Å². The molecule has 100 valence electrons. The molecule has 0 amide bonds. The maximum Gasteiger partial charge on any atom is 0.0927 e. The number of benzene rings is 1. The first-order chi connectivity index (χ1) is 8.69. The number of aliphatic hydroxyl groups excluding tert-OH is 3. The van der Waals surface area contributed by atoms with Gasteiger partial charge in [-0.25, -0.2) is 0 Å². The molecule has 1 aromatic carbocycles. The molecule has 1 saturated heterocycles. The largest absolute Gasteiger partial charge is 0.396 e. The minimum Gasteiger partial charge on any atom is -0.396 e. The fourth-order valence-electron chi connectivity index (χ4n) is 2.72. The summed E-state index contributed by atoms with van der Waals surface area (Å²) in [5, 5.41) is 32.3. The second kappa shape index (κ2) is 5.80. The summed E-state index contributed by atoms with van der Waals surface area (Å²) < 4.78 is 0. The number of rotatable bonds is 3. The van der Waals surface area contributed by atoms with Crippen molar-refractivity contribution in [3.05, 3.63) is 35.4 Å². The number of aryl methyl sites for hydroxylation is 1. The molecule has 18 heavy (non-hydrogen) atoms. The van der Waals surface area contributed by atoms with Gasteiger partial charge in [-0.05, 0) is 17.5 Å². The van der Waals surface area contributed by atoms with Gasteiger partial charge in [0.1, 0.15) is 0 Å². The van der Waals surface area contributed by atoms with Crippen molar-refractivity contribution in [2.75, 3.05) is 13.2 Å². The lowest BCUT2D eigenvalue weighted by Crippen LogP contribution is -2.53. The monoisotopic (exact) mass is 251 g/mol. The SMILES string of the molecule is CCc1ccccc1[C@@H]1NC[C@@H](O)[C@@H](O)[C@H]1CO. The number of aliphatic hydroxyl groups is 3. The van der Waals surface area contributed by atoms with Gasteiger partial charge in [0.2, 0.25) is 0 Å². The highest BCUT2D eigenvalue weighted by atomic mass is 16.3. The van der Waals surface area contributed by atoms with Crippen LogP contribution in [-0.4, -0.2) is 40.7 Å². The van der Waals surface area contributed by atoms with Crippen LogP contribution < -0.4 is 5.32 Å². The highest BCUT2D eigenvalue weighted by Gasteiger charge is 2.38. The molecule has 1 aromatic rings. The summed E-state index contributed by atoms with van der Waals surface area (Å²) in [6, 6.07) is 7.92. The Morgan fingerprint density at radius 2 is 2.00 bits per heavy atom. The molecule has 0 unspecified atom stereocenters. The van der Waals surface area contributed by atoms with Gasteiger partial charge in [-0.2, -0.15) is 0 Å². The molecule has 0 aromatic heterocycles. The standard InChI is InChI=1S/C14H21NO3/c1-2-9-5-3-4-6-10(9)13-11(8-16)14(18)12(17)7-15-13/h3-6,11-18H,2,7-8H2,1H3/t11-,12+,13-,14-/m0/s1. The lowest BCUT2D eigenvalue weighted by Gasteiger charge is -2.39. The van der Waals surface area contributed by atoms with Crippen LogP contribution in [0.5, 0.6) is 0 Å². The summed E-state index contributed by atoms with van der Waals surface area (Å²) >= 11 is 0. The van der Waals surface area contributed by atoms with Crippen molar-refractivity contribution in [3.63, 3.8) is 0 Å². The molecule has 1 aliphatic rings. The molecule has 1 aliphatic heterocycles. The van der Waals surface area contributed by atoms with E-state index in [9.17, 15) is 15.3 Å². The van der Waals surface area contributed by atoms with Crippen molar-refractivity contribution in [3.8, 4) is 0 Å². The van der Waals surface area contributed by atoms with Crippen LogP contribution in [0, 0.1) is 5.92 Å². The van der Waals surface area contributed by atoms with E-state index in [2.05, 4.69) is 18.3 Å². The molecule has 2 rings (SSSR count). The summed E-state index contributed by atoms with van der Waals surface area (Å²) in [6.45, 7) is 2.29. The average molecular weight is 251 g/mol. The number of β-amino-alcohol motifs (C(OH)–C–C–N with tert-alkyl or cyclic N) is 1. The van der Waals surface area contributed by atoms with Crippen molar-refractivity contribution in [1.82, 2.24) is 5.32 Å². The van der Waals surface area contributed by atoms with Crippen LogP contribution in [0.15, 0.2) is 24.3 Å². The molecule has 1 heterocycles. The van der Waals surface area contributed by atoms with E-state index in [0.29, 0.717) is 6.54 Å². The van der Waals surface area contributed by atoms with Crippen LogP contribution in [0.4, 0.5) is 0 Å². The van der Waals surface area contributed by atoms with Gasteiger partial charge in [0.05, 0.1) is 18.8 Å². The molecule has 0 spiro atoms. The van der Waals surface area contributed by atoms with Gasteiger partial charge in [0.25, 0.3) is 0 Å². The van der Waals surface area contributed by atoms with Gasteiger partial charge in [0.15, 0.2) is 0 Å². The number of nitrogens with one attached hydrogen (secondary N) is 1. The van der Waals surface area contributed by atoms with E-state index in [1.54, 1.807) is 0 Å². The summed E-state index contributed by atoms with van der Waals surface area (Å²) in [5.41, 5.74) is 2.31. The minimum absolute atomic E-state index is 0.107. The van der Waals surface area contributed by atoms with Crippen LogP contribution in [0.2, 0.25) is 0 Å². The van der Waals surface area contributed by atoms with Crippen molar-refractivity contribution < 1.29 is 15.3 Å². The van der Waals surface area contributed by atoms with Crippen LogP contribution in [0.1, 0.15) is 24.1 Å². The Labute approximate surface area is 107 Å². The Morgan fingerprint density at radius 1 is 1.28 bits per heavy atom. The first-order valence-corrected chi connectivity index (χ1v) is 6.47. The van der Waals surface area contributed by atoms with Gasteiger partial charge in [-0.15, -0.1) is 0 Å². The van der Waals surface area contributed by atoms with Gasteiger partial charge < -0.3 is 20.6 Å². The lowest BCUT2D eigenvalue weighted by atomic mass is 9.81. The van der Waals surface area contributed by atoms with Crippen LogP contribution in [0.3, 0.4) is 0 Å². The maximum atomic E-state index is 9.98. The van der Waals surface area contributed by atoms with E-state index in [4.69, 9.17) is 0 Å². The van der Waals surface area contributed by atoms with Crippen molar-refractivity contribution >= 4 is 0 Å². The smallest absolute Gasteiger partial charge is 0.0927 e. The van der Waals surface area contributed by atoms with Crippen molar-refractivity contribution in [2.45, 2.75) is 31.6 Å². The highest BCUT2D eigenvalue weighted by Crippen LogP contribution is 2.31. The van der Waals surface area contributed by atoms with Crippen LogP contribution in [0.25, 0.3) is 0 Å². The third kappa shape index (κ3) is 2.42. The number of hydrogen-bond donors (Lipinski definition) is 4. The molecule has 4 N–H and O–H groups in total. The van der Waals surface area contributed by atoms with Crippen LogP contribution in [-0.2, 0) is 6.42 Å². The number of piperidine rings is 1. The van der Waals surface area contributed by atoms with E-state index in [1.807, 2.05) is 18.2 Å². The third-order valence-corrected chi connectivity index (χ3v) is 3.79. The molecule has 4 heteroatoms. The minimum atomic E-state index is -0.883. The van der Waals surface area contributed by atoms with E-state index in [1.165, 1.54) is 5.56 Å². The molecular formula is C14H21NO3. The summed E-state index contributed by atoms with van der Waals surface area (Å²) in [4.78, 5) is 0. The zero-order valence-electron chi connectivity index (χ0n) is 10.6. The van der Waals surface area contributed by atoms with Crippen molar-refractivity contribution in [1.29, 1.82) is 0 Å². The van der Waals surface area contributed by atoms with E-state index >= 15 is 0 Å². The topological polar surface area (TPSA) is 72.7 Å². The Morgan fingerprint density at radius 3 is 2.67 bits per heavy atom. The van der Waals surface area contributed by atoms with Crippen LogP contribution >= 0.6 is 0 Å². The molecule has 0 bridgehead atoms. The molecule has 0 radical (unpaired) electrons. The zero-order valence-corrected chi connectivity index (χ0v) is 10.6. The van der Waals surface area contributed by atoms with Gasteiger partial charge >= 0.3 is 0 Å². The average Bonchev–Trinajstić information content (AvgIpc) is 2.41. The van der Waals surface area contributed by atoms with E-state index in [-0.39, 0.29) is 18.6 Å². The molecule has 1 fully saturated rings. The highest BCUT2D eigenvalue weighted by molar-refractivity contribution is 5.31. The Hall–Kier alpha value is -0.940. The van der Waals surface area contributed by atoms with E-state index < -0.39 is 12.2 Å². The summed E-state index contributed by atoms with van der Waals surface area (Å²) in [6.07, 6.45) is -0.788. The third-order valence-electron chi connectivity index (χ3n) is 3.79. The molecular weight excluding hydrogens is 230 g/mol. The molecule has 0 aliphatic carbocycles. The molecule has 0 saturated carbocycles. The fourth-order valence-corrected chi connectivity index (χ4v) is 2.72. The Bertz CT molecular complexity index is 396. The second-order valence-corrected chi connectivity index (χ2v) is 4.84. The molecule has 4 atom stereocenters. The second-order valence-electron chi connectivity index (χ2n) is 4.84. The quantitative estimate of drug-likeness (QED) is 0.620. The zero-order chi connectivity index (χ0) is 13.1. The Balaban J connectivity index is 2.31. The summed E-state index contributed by atoms with van der Waals surface area (Å²) in [5.74, 6) is -0.374. The molecule has 4 nitrogen and oxygen atoms in total. The normalized spacial score (nSPS) is 32.4.